The fraction of sp³-hybridized carbons (Fsp3) is 0.600. The van der Waals surface area contributed by atoms with Gasteiger partial charge in [0.1, 0.15) is 11.4 Å². The molecule has 162 valence electrons. The van der Waals surface area contributed by atoms with E-state index >= 15 is 0 Å². The van der Waals surface area contributed by atoms with Gasteiger partial charge < -0.3 is 14.9 Å². The molecule has 0 aromatic heterocycles. The van der Waals surface area contributed by atoms with Crippen molar-refractivity contribution in [1.29, 1.82) is 0 Å². The Hall–Kier alpha value is -2.16. The zero-order valence-corrected chi connectivity index (χ0v) is 17.7. The van der Waals surface area contributed by atoms with E-state index in [9.17, 15) is 19.8 Å². The summed E-state index contributed by atoms with van der Waals surface area (Å²) in [6.45, 7) is 0. The van der Waals surface area contributed by atoms with Crippen LogP contribution in [0.5, 0.6) is 0 Å². The Morgan fingerprint density at radius 3 is 2.53 bits per heavy atom. The molecule has 3 atom stereocenters. The van der Waals surface area contributed by atoms with Gasteiger partial charge in [-0.2, -0.15) is 0 Å². The van der Waals surface area contributed by atoms with Gasteiger partial charge in [-0.05, 0) is 62.6 Å². The van der Waals surface area contributed by atoms with Crippen LogP contribution in [0.3, 0.4) is 0 Å². The standard InChI is InChI=1S/C25H32O5/c1-30-24(28)19-11-9-18(10-12-19)7-3-2-4-8-20-21(23(27)17-22(20)26)13-16-25(29)14-5-6-15-25/h9-12,20-21,23,27,29H,2-8,14-15,17H2,1H3/t20-,21-,23-/m1/s1. The molecule has 0 saturated heterocycles. The molecule has 0 bridgehead atoms. The number of unbranched alkanes of at least 4 members (excludes halogenated alkanes) is 2. The lowest BCUT2D eigenvalue weighted by atomic mass is 9.88. The monoisotopic (exact) mass is 412 g/mol. The second kappa shape index (κ2) is 10.2. The molecule has 0 heterocycles. The van der Waals surface area contributed by atoms with Crippen LogP contribution in [0.2, 0.25) is 0 Å². The highest BCUT2D eigenvalue weighted by Gasteiger charge is 2.40. The maximum absolute atomic E-state index is 12.3. The first-order valence-electron chi connectivity index (χ1n) is 11.0. The maximum Gasteiger partial charge on any atom is 0.337 e. The zero-order chi connectivity index (χ0) is 21.6. The van der Waals surface area contributed by atoms with E-state index in [0.29, 0.717) is 18.4 Å². The van der Waals surface area contributed by atoms with Crippen LogP contribution in [0.25, 0.3) is 0 Å². The minimum absolute atomic E-state index is 0.0959. The van der Waals surface area contributed by atoms with Crippen molar-refractivity contribution in [3.05, 3.63) is 35.4 Å². The van der Waals surface area contributed by atoms with E-state index in [1.165, 1.54) is 12.7 Å². The van der Waals surface area contributed by atoms with E-state index in [-0.39, 0.29) is 30.0 Å². The first-order chi connectivity index (χ1) is 14.4. The fourth-order valence-corrected chi connectivity index (χ4v) is 4.59. The summed E-state index contributed by atoms with van der Waals surface area (Å²) in [5.74, 6) is 5.24. The largest absolute Gasteiger partial charge is 0.465 e. The van der Waals surface area contributed by atoms with Crippen molar-refractivity contribution in [3.8, 4) is 11.8 Å². The van der Waals surface area contributed by atoms with Crippen LogP contribution in [-0.2, 0) is 16.0 Å². The number of ketones is 1. The van der Waals surface area contributed by atoms with Gasteiger partial charge in [0, 0.05) is 12.3 Å². The fourth-order valence-electron chi connectivity index (χ4n) is 4.59. The first kappa shape index (κ1) is 22.5. The van der Waals surface area contributed by atoms with Crippen molar-refractivity contribution in [2.45, 2.75) is 75.9 Å². The summed E-state index contributed by atoms with van der Waals surface area (Å²) in [6, 6.07) is 7.45. The third-order valence-corrected chi connectivity index (χ3v) is 6.43. The van der Waals surface area contributed by atoms with Gasteiger partial charge in [-0.3, -0.25) is 4.79 Å². The average molecular weight is 413 g/mol. The number of esters is 1. The van der Waals surface area contributed by atoms with E-state index in [1.807, 2.05) is 12.1 Å². The molecule has 0 radical (unpaired) electrons. The Labute approximate surface area is 178 Å². The van der Waals surface area contributed by atoms with Gasteiger partial charge >= 0.3 is 5.97 Å². The summed E-state index contributed by atoms with van der Waals surface area (Å²) < 4.78 is 4.71. The SMILES string of the molecule is COC(=O)c1ccc(CCCCC[C@H]2C(=O)C[C@@H](O)[C@@H]2C#CC2(O)CCCC2)cc1. The number of hydrogen-bond donors (Lipinski definition) is 2. The van der Waals surface area contributed by atoms with Gasteiger partial charge in [0.05, 0.1) is 24.7 Å². The lowest BCUT2D eigenvalue weighted by Gasteiger charge is -2.18. The van der Waals surface area contributed by atoms with Gasteiger partial charge in [0.2, 0.25) is 0 Å². The van der Waals surface area contributed by atoms with Crippen molar-refractivity contribution in [3.63, 3.8) is 0 Å². The van der Waals surface area contributed by atoms with E-state index in [2.05, 4.69) is 11.8 Å². The molecule has 5 nitrogen and oxygen atoms in total. The molecular formula is C25H32O5. The third-order valence-electron chi connectivity index (χ3n) is 6.43. The van der Waals surface area contributed by atoms with Crippen LogP contribution in [0.15, 0.2) is 24.3 Å². The number of benzene rings is 1. The maximum atomic E-state index is 12.3. The van der Waals surface area contributed by atoms with Crippen molar-refractivity contribution in [2.75, 3.05) is 7.11 Å². The quantitative estimate of drug-likeness (QED) is 0.407. The molecule has 5 heteroatoms. The number of rotatable bonds is 7. The molecule has 0 spiro atoms. The molecule has 1 aromatic rings. The van der Waals surface area contributed by atoms with E-state index in [1.54, 1.807) is 12.1 Å². The summed E-state index contributed by atoms with van der Waals surface area (Å²) in [4.78, 5) is 23.8. The molecule has 0 amide bonds. The number of Topliss-reactive ketones (excluding diaryl/α,β-unsaturated/α-hetero) is 1. The summed E-state index contributed by atoms with van der Waals surface area (Å²) >= 11 is 0. The zero-order valence-electron chi connectivity index (χ0n) is 17.7. The first-order valence-corrected chi connectivity index (χ1v) is 11.0. The number of carbonyl (C=O) groups is 2. The van der Waals surface area contributed by atoms with E-state index in [0.717, 1.165) is 44.9 Å². The molecule has 3 rings (SSSR count). The van der Waals surface area contributed by atoms with Crippen LogP contribution < -0.4 is 0 Å². The van der Waals surface area contributed by atoms with Crippen LogP contribution in [0.4, 0.5) is 0 Å². The van der Waals surface area contributed by atoms with Crippen molar-refractivity contribution >= 4 is 11.8 Å². The Kier molecular flexibility index (Phi) is 7.69. The van der Waals surface area contributed by atoms with Crippen LogP contribution in [0, 0.1) is 23.7 Å². The van der Waals surface area contributed by atoms with Gasteiger partial charge in [-0.1, -0.05) is 36.8 Å². The predicted octanol–water partition coefficient (Wildman–Crippen LogP) is 3.45. The van der Waals surface area contributed by atoms with Gasteiger partial charge in [0.25, 0.3) is 0 Å². The Balaban J connectivity index is 1.45. The highest BCUT2D eigenvalue weighted by atomic mass is 16.5. The van der Waals surface area contributed by atoms with E-state index < -0.39 is 11.7 Å². The summed E-state index contributed by atoms with van der Waals surface area (Å²) in [5.41, 5.74) is 0.789. The highest BCUT2D eigenvalue weighted by Crippen LogP contribution is 2.34. The molecule has 2 aliphatic rings. The number of aliphatic hydroxyl groups excluding tert-OH is 1. The number of ether oxygens (including phenoxy) is 1. The topological polar surface area (TPSA) is 83.8 Å². The number of hydrogen-bond acceptors (Lipinski definition) is 5. The molecular weight excluding hydrogens is 380 g/mol. The smallest absolute Gasteiger partial charge is 0.337 e. The van der Waals surface area contributed by atoms with E-state index in [4.69, 9.17) is 4.74 Å². The molecule has 0 aliphatic heterocycles. The average Bonchev–Trinajstić information content (AvgIpc) is 3.29. The Morgan fingerprint density at radius 2 is 1.87 bits per heavy atom. The second-order valence-electron chi connectivity index (χ2n) is 8.67. The third kappa shape index (κ3) is 5.71. The lowest BCUT2D eigenvalue weighted by Crippen LogP contribution is -2.24. The lowest BCUT2D eigenvalue weighted by molar-refractivity contribution is -0.121. The summed E-state index contributed by atoms with van der Waals surface area (Å²) in [5, 5.41) is 20.7. The van der Waals surface area contributed by atoms with Gasteiger partial charge in [0.15, 0.2) is 0 Å². The number of carbonyl (C=O) groups excluding carboxylic acids is 2. The normalized spacial score (nSPS) is 25.0. The molecule has 2 saturated carbocycles. The van der Waals surface area contributed by atoms with Crippen molar-refractivity contribution < 1.29 is 24.5 Å². The highest BCUT2D eigenvalue weighted by molar-refractivity contribution is 5.89. The summed E-state index contributed by atoms with van der Waals surface area (Å²) in [7, 11) is 1.37. The molecule has 0 unspecified atom stereocenters. The molecule has 2 fully saturated rings. The second-order valence-corrected chi connectivity index (χ2v) is 8.67. The molecule has 2 aliphatic carbocycles. The van der Waals surface area contributed by atoms with Crippen molar-refractivity contribution in [2.24, 2.45) is 11.8 Å². The minimum atomic E-state index is -0.931. The number of aryl methyl sites for hydroxylation is 1. The number of methoxy groups -OCH3 is 1. The van der Waals surface area contributed by atoms with Crippen LogP contribution in [-0.4, -0.2) is 40.8 Å². The Bertz CT molecular complexity index is 795. The molecule has 1 aromatic carbocycles. The van der Waals surface area contributed by atoms with Gasteiger partial charge in [-0.15, -0.1) is 0 Å². The Morgan fingerprint density at radius 1 is 1.17 bits per heavy atom. The van der Waals surface area contributed by atoms with Crippen LogP contribution >= 0.6 is 0 Å². The van der Waals surface area contributed by atoms with Gasteiger partial charge in [-0.25, -0.2) is 4.79 Å². The minimum Gasteiger partial charge on any atom is -0.465 e. The number of aliphatic hydroxyl groups is 2. The summed E-state index contributed by atoms with van der Waals surface area (Å²) in [6.07, 6.45) is 7.32. The molecule has 2 N–H and O–H groups in total. The predicted molar refractivity (Wildman–Crippen MR) is 114 cm³/mol. The van der Waals surface area contributed by atoms with Crippen LogP contribution in [0.1, 0.15) is 73.7 Å². The van der Waals surface area contributed by atoms with Crippen molar-refractivity contribution in [1.82, 2.24) is 0 Å². The molecule has 30 heavy (non-hydrogen) atoms.